The number of thiazole rings is 1. The fourth-order valence-electron chi connectivity index (χ4n) is 2.34. The first kappa shape index (κ1) is 22.0. The molecule has 0 spiro atoms. The van der Waals surface area contributed by atoms with Gasteiger partial charge in [0.1, 0.15) is 11.6 Å². The highest BCUT2D eigenvalue weighted by Gasteiger charge is 2.17. The summed E-state index contributed by atoms with van der Waals surface area (Å²) in [6.07, 6.45) is 1.37. The van der Waals surface area contributed by atoms with E-state index in [2.05, 4.69) is 15.0 Å². The number of benzene rings is 2. The van der Waals surface area contributed by atoms with Gasteiger partial charge in [-0.25, -0.2) is 27.3 Å². The number of carbonyl (C=O) groups is 1. The van der Waals surface area contributed by atoms with Crippen molar-refractivity contribution >= 4 is 49.8 Å². The Bertz CT molecular complexity index is 1170. The second-order valence-electron chi connectivity index (χ2n) is 5.89. The Hall–Kier alpha value is -2.73. The van der Waals surface area contributed by atoms with Crippen molar-refractivity contribution in [3.8, 4) is 10.8 Å². The van der Waals surface area contributed by atoms with Gasteiger partial charge in [0.05, 0.1) is 11.1 Å². The third kappa shape index (κ3) is 5.25. The minimum atomic E-state index is -3.64. The molecule has 158 valence electrons. The SMILES string of the molecule is CNS(=O)(=O)c1cccc(N(C)C(=O)Nc2ncc(Oc3cc(F)cc(Cl)c3)s2)c1. The van der Waals surface area contributed by atoms with Gasteiger partial charge in [-0.3, -0.25) is 10.2 Å². The number of aromatic nitrogens is 1. The zero-order valence-corrected chi connectivity index (χ0v) is 18.1. The monoisotopic (exact) mass is 470 g/mol. The van der Waals surface area contributed by atoms with E-state index in [4.69, 9.17) is 16.3 Å². The molecule has 0 aliphatic carbocycles. The predicted octanol–water partition coefficient (Wildman–Crippen LogP) is 4.30. The third-order valence-electron chi connectivity index (χ3n) is 3.84. The van der Waals surface area contributed by atoms with E-state index >= 15 is 0 Å². The number of anilines is 2. The number of sulfonamides is 1. The van der Waals surface area contributed by atoms with Gasteiger partial charge >= 0.3 is 6.03 Å². The lowest BCUT2D eigenvalue weighted by Crippen LogP contribution is -2.31. The molecule has 0 unspecified atom stereocenters. The highest BCUT2D eigenvalue weighted by atomic mass is 35.5. The van der Waals surface area contributed by atoms with Gasteiger partial charge in [-0.1, -0.05) is 29.0 Å². The van der Waals surface area contributed by atoms with Crippen LogP contribution in [0.2, 0.25) is 5.02 Å². The Morgan fingerprint density at radius 1 is 1.27 bits per heavy atom. The van der Waals surface area contributed by atoms with Crippen molar-refractivity contribution in [2.75, 3.05) is 24.3 Å². The molecule has 8 nitrogen and oxygen atoms in total. The molecule has 2 aromatic carbocycles. The molecule has 30 heavy (non-hydrogen) atoms. The molecular formula is C18H16ClFN4O4S2. The van der Waals surface area contributed by atoms with Crippen LogP contribution in [-0.4, -0.2) is 33.5 Å². The van der Waals surface area contributed by atoms with Crippen LogP contribution < -0.4 is 19.7 Å². The average molecular weight is 471 g/mol. The maximum atomic E-state index is 13.4. The molecule has 0 atom stereocenters. The molecule has 12 heteroatoms. The van der Waals surface area contributed by atoms with E-state index in [0.717, 1.165) is 17.4 Å². The van der Waals surface area contributed by atoms with Crippen molar-refractivity contribution in [2.45, 2.75) is 4.90 Å². The minimum absolute atomic E-state index is 0.0286. The first-order chi connectivity index (χ1) is 14.2. The molecular weight excluding hydrogens is 455 g/mol. The van der Waals surface area contributed by atoms with E-state index in [9.17, 15) is 17.6 Å². The van der Waals surface area contributed by atoms with Crippen LogP contribution in [0.5, 0.6) is 10.8 Å². The number of carbonyl (C=O) groups excluding carboxylic acids is 1. The molecule has 0 bridgehead atoms. The summed E-state index contributed by atoms with van der Waals surface area (Å²) in [5, 5.41) is 3.33. The van der Waals surface area contributed by atoms with Crippen molar-refractivity contribution in [1.29, 1.82) is 0 Å². The van der Waals surface area contributed by atoms with Crippen LogP contribution >= 0.6 is 22.9 Å². The summed E-state index contributed by atoms with van der Waals surface area (Å²) in [7, 11) is -0.852. The Morgan fingerprint density at radius 3 is 2.73 bits per heavy atom. The Labute approximate surface area is 181 Å². The molecule has 0 fully saturated rings. The Kier molecular flexibility index (Phi) is 6.56. The van der Waals surface area contributed by atoms with Gasteiger partial charge in [0.15, 0.2) is 5.13 Å². The summed E-state index contributed by atoms with van der Waals surface area (Å²) in [5.74, 6) is -0.346. The molecule has 0 aliphatic heterocycles. The highest BCUT2D eigenvalue weighted by molar-refractivity contribution is 7.89. The third-order valence-corrected chi connectivity index (χ3v) is 6.26. The quantitative estimate of drug-likeness (QED) is 0.559. The normalized spacial score (nSPS) is 11.2. The van der Waals surface area contributed by atoms with Gasteiger partial charge < -0.3 is 4.74 Å². The molecule has 0 radical (unpaired) electrons. The van der Waals surface area contributed by atoms with Crippen molar-refractivity contribution in [2.24, 2.45) is 0 Å². The number of hydrogen-bond acceptors (Lipinski definition) is 6. The number of nitrogens with one attached hydrogen (secondary N) is 2. The van der Waals surface area contributed by atoms with Crippen molar-refractivity contribution in [1.82, 2.24) is 9.71 Å². The predicted molar refractivity (Wildman–Crippen MR) is 114 cm³/mol. The van der Waals surface area contributed by atoms with Crippen LogP contribution in [0.25, 0.3) is 0 Å². The summed E-state index contributed by atoms with van der Waals surface area (Å²) in [6.45, 7) is 0. The number of halogens is 2. The molecule has 0 aliphatic rings. The maximum absolute atomic E-state index is 13.4. The molecule has 3 aromatic rings. The van der Waals surface area contributed by atoms with E-state index < -0.39 is 21.9 Å². The molecule has 1 aromatic heterocycles. The molecule has 0 saturated heterocycles. The first-order valence-corrected chi connectivity index (χ1v) is 11.0. The Morgan fingerprint density at radius 2 is 2.03 bits per heavy atom. The molecule has 2 N–H and O–H groups in total. The Balaban J connectivity index is 1.70. The standard InChI is InChI=1S/C18H16ClFN4O4S2/c1-21-30(26,27)15-5-3-4-13(9-15)24(2)18(25)23-17-22-10-16(29-17)28-14-7-11(19)6-12(20)8-14/h3-10,21H,1-2H3,(H,22,23,25). The summed E-state index contributed by atoms with van der Waals surface area (Å²) in [4.78, 5) is 17.8. The maximum Gasteiger partial charge on any atom is 0.327 e. The van der Waals surface area contributed by atoms with Crippen molar-refractivity contribution in [3.05, 3.63) is 59.5 Å². The fourth-order valence-corrected chi connectivity index (χ4v) is 4.00. The van der Waals surface area contributed by atoms with Crippen molar-refractivity contribution in [3.63, 3.8) is 0 Å². The number of ether oxygens (including phenoxy) is 1. The zero-order valence-electron chi connectivity index (χ0n) is 15.7. The summed E-state index contributed by atoms with van der Waals surface area (Å²) in [5.41, 5.74) is 0.367. The number of nitrogens with zero attached hydrogens (tertiary/aromatic N) is 2. The van der Waals surface area contributed by atoms with Gasteiger partial charge in [0.2, 0.25) is 15.1 Å². The van der Waals surface area contributed by atoms with Crippen molar-refractivity contribution < 1.29 is 22.3 Å². The lowest BCUT2D eigenvalue weighted by Gasteiger charge is -2.18. The summed E-state index contributed by atoms with van der Waals surface area (Å²) < 4.78 is 45.0. The lowest BCUT2D eigenvalue weighted by atomic mass is 10.3. The van der Waals surface area contributed by atoms with E-state index in [1.54, 1.807) is 6.07 Å². The van der Waals surface area contributed by atoms with E-state index in [1.807, 2.05) is 0 Å². The number of amides is 2. The lowest BCUT2D eigenvalue weighted by molar-refractivity contribution is 0.258. The van der Waals surface area contributed by atoms with Crippen LogP contribution in [0.3, 0.4) is 0 Å². The fraction of sp³-hybridized carbons (Fsp3) is 0.111. The van der Waals surface area contributed by atoms with Gasteiger partial charge in [-0.15, -0.1) is 0 Å². The molecule has 1 heterocycles. The number of urea groups is 1. The van der Waals surface area contributed by atoms with Crippen LogP contribution in [0.1, 0.15) is 0 Å². The van der Waals surface area contributed by atoms with E-state index in [1.165, 1.54) is 55.5 Å². The van der Waals surface area contributed by atoms with Gasteiger partial charge in [0.25, 0.3) is 0 Å². The zero-order chi connectivity index (χ0) is 21.9. The van der Waals surface area contributed by atoms with Crippen LogP contribution in [0, 0.1) is 5.82 Å². The largest absolute Gasteiger partial charge is 0.445 e. The van der Waals surface area contributed by atoms with Gasteiger partial charge in [0, 0.05) is 23.8 Å². The topological polar surface area (TPSA) is 101 Å². The minimum Gasteiger partial charge on any atom is -0.445 e. The number of rotatable bonds is 6. The summed E-state index contributed by atoms with van der Waals surface area (Å²) in [6, 6.07) is 9.15. The van der Waals surface area contributed by atoms with Crippen LogP contribution in [0.15, 0.2) is 53.6 Å². The molecule has 0 saturated carbocycles. The number of hydrogen-bond donors (Lipinski definition) is 2. The van der Waals surface area contributed by atoms with Gasteiger partial charge in [-0.2, -0.15) is 0 Å². The van der Waals surface area contributed by atoms with E-state index in [-0.39, 0.29) is 20.8 Å². The second-order valence-corrected chi connectivity index (χ2v) is 9.20. The first-order valence-electron chi connectivity index (χ1n) is 8.36. The van der Waals surface area contributed by atoms with Gasteiger partial charge in [-0.05, 0) is 37.4 Å². The van der Waals surface area contributed by atoms with Crippen LogP contribution in [0.4, 0.5) is 20.0 Å². The molecule has 2 amide bonds. The van der Waals surface area contributed by atoms with E-state index in [0.29, 0.717) is 10.8 Å². The average Bonchev–Trinajstić information content (AvgIpc) is 3.13. The highest BCUT2D eigenvalue weighted by Crippen LogP contribution is 2.32. The molecule has 3 rings (SSSR count). The second kappa shape index (κ2) is 8.96. The smallest absolute Gasteiger partial charge is 0.327 e. The van der Waals surface area contributed by atoms with Crippen LogP contribution in [-0.2, 0) is 10.0 Å². The summed E-state index contributed by atoms with van der Waals surface area (Å²) >= 11 is 6.82.